The van der Waals surface area contributed by atoms with Gasteiger partial charge in [-0.05, 0) is 31.5 Å². The highest BCUT2D eigenvalue weighted by Crippen LogP contribution is 2.27. The van der Waals surface area contributed by atoms with E-state index >= 15 is 0 Å². The van der Waals surface area contributed by atoms with Crippen molar-refractivity contribution in [3.8, 4) is 5.75 Å². The van der Waals surface area contributed by atoms with E-state index in [0.717, 1.165) is 6.42 Å². The highest BCUT2D eigenvalue weighted by molar-refractivity contribution is 5.89. The molecular weight excluding hydrogens is 357 g/mol. The molecule has 1 saturated carbocycles. The number of anilines is 1. The fourth-order valence-electron chi connectivity index (χ4n) is 2.81. The molecular formula is C18H24FN3O5. The van der Waals surface area contributed by atoms with E-state index in [-0.39, 0.29) is 36.9 Å². The first-order valence-corrected chi connectivity index (χ1v) is 9.00. The minimum Gasteiger partial charge on any atom is -0.490 e. The first-order valence-electron chi connectivity index (χ1n) is 9.00. The number of benzene rings is 1. The minimum atomic E-state index is -0.577. The summed E-state index contributed by atoms with van der Waals surface area (Å²) in [6.07, 6.45) is 0.172. The molecule has 9 heteroatoms. The average molecular weight is 381 g/mol. The molecule has 2 amide bonds. The van der Waals surface area contributed by atoms with Gasteiger partial charge in [-0.15, -0.1) is 0 Å². The van der Waals surface area contributed by atoms with Crippen LogP contribution >= 0.6 is 0 Å². The largest absolute Gasteiger partial charge is 0.490 e. The van der Waals surface area contributed by atoms with Gasteiger partial charge in [0.1, 0.15) is 6.10 Å². The van der Waals surface area contributed by atoms with Gasteiger partial charge in [-0.25, -0.2) is 9.18 Å². The molecule has 3 rings (SSSR count). The van der Waals surface area contributed by atoms with Gasteiger partial charge < -0.3 is 25.2 Å². The lowest BCUT2D eigenvalue weighted by Crippen LogP contribution is -2.33. The molecule has 3 unspecified atom stereocenters. The van der Waals surface area contributed by atoms with Crippen molar-refractivity contribution in [2.75, 3.05) is 31.1 Å². The minimum absolute atomic E-state index is 0.118. The number of carbonyl (C=O) groups excluding carboxylic acids is 2. The zero-order valence-corrected chi connectivity index (χ0v) is 15.1. The van der Waals surface area contributed by atoms with Crippen LogP contribution in [0.5, 0.6) is 5.75 Å². The molecule has 0 radical (unpaired) electrons. The van der Waals surface area contributed by atoms with Gasteiger partial charge in [0.05, 0.1) is 31.5 Å². The molecule has 3 N–H and O–H groups in total. The fraction of sp³-hybridized carbons (Fsp3) is 0.556. The van der Waals surface area contributed by atoms with Crippen molar-refractivity contribution in [3.63, 3.8) is 0 Å². The number of halogens is 1. The van der Waals surface area contributed by atoms with Crippen molar-refractivity contribution in [1.82, 2.24) is 10.6 Å². The lowest BCUT2D eigenvalue weighted by atomic mass is 10.2. The van der Waals surface area contributed by atoms with E-state index < -0.39 is 18.0 Å². The molecule has 27 heavy (non-hydrogen) atoms. The molecule has 0 spiro atoms. The maximum absolute atomic E-state index is 14.3. The van der Waals surface area contributed by atoms with E-state index in [1.165, 1.54) is 24.0 Å². The van der Waals surface area contributed by atoms with E-state index in [4.69, 9.17) is 9.47 Å². The van der Waals surface area contributed by atoms with E-state index in [1.54, 1.807) is 6.07 Å². The molecule has 1 heterocycles. The summed E-state index contributed by atoms with van der Waals surface area (Å²) in [6, 6.07) is 4.49. The van der Waals surface area contributed by atoms with Crippen molar-refractivity contribution in [1.29, 1.82) is 0 Å². The Morgan fingerprint density at radius 2 is 2.26 bits per heavy atom. The summed E-state index contributed by atoms with van der Waals surface area (Å²) >= 11 is 0. The van der Waals surface area contributed by atoms with Gasteiger partial charge in [-0.1, -0.05) is 0 Å². The first kappa shape index (κ1) is 19.4. The molecule has 1 aliphatic heterocycles. The normalized spacial score (nSPS) is 23.9. The Morgan fingerprint density at radius 3 is 2.93 bits per heavy atom. The molecule has 2 aliphatic rings. The van der Waals surface area contributed by atoms with Crippen LogP contribution in [0.3, 0.4) is 0 Å². The Labute approximate surface area is 156 Å². The topological polar surface area (TPSA) is 100 Å². The van der Waals surface area contributed by atoms with E-state index in [2.05, 4.69) is 10.6 Å². The Kier molecular flexibility index (Phi) is 6.12. The fourth-order valence-corrected chi connectivity index (χ4v) is 2.81. The highest BCUT2D eigenvalue weighted by atomic mass is 19.1. The number of cyclic esters (lactones) is 1. The van der Waals surface area contributed by atoms with Crippen LogP contribution in [-0.2, 0) is 9.53 Å². The number of aliphatic hydroxyl groups excluding tert-OH is 1. The molecule has 1 aromatic rings. The summed E-state index contributed by atoms with van der Waals surface area (Å²) in [6.45, 7) is 2.87. The zero-order valence-electron chi connectivity index (χ0n) is 15.1. The Hall–Kier alpha value is -2.39. The molecule has 0 bridgehead atoms. The van der Waals surface area contributed by atoms with Gasteiger partial charge in [0, 0.05) is 19.0 Å². The van der Waals surface area contributed by atoms with Gasteiger partial charge in [-0.2, -0.15) is 0 Å². The number of hydrogen-bond acceptors (Lipinski definition) is 6. The van der Waals surface area contributed by atoms with E-state index in [9.17, 15) is 19.1 Å². The number of nitrogens with zero attached hydrogens (tertiary/aromatic N) is 1. The third-order valence-corrected chi connectivity index (χ3v) is 4.42. The summed E-state index contributed by atoms with van der Waals surface area (Å²) in [5.41, 5.74) is 0.375. The van der Waals surface area contributed by atoms with Gasteiger partial charge in [0.2, 0.25) is 5.91 Å². The van der Waals surface area contributed by atoms with Crippen molar-refractivity contribution in [2.45, 2.75) is 38.0 Å². The van der Waals surface area contributed by atoms with Crippen molar-refractivity contribution < 1.29 is 28.6 Å². The van der Waals surface area contributed by atoms with Crippen LogP contribution < -0.4 is 20.3 Å². The highest BCUT2D eigenvalue weighted by Gasteiger charge is 2.34. The van der Waals surface area contributed by atoms with Crippen LogP contribution in [0.2, 0.25) is 0 Å². The third-order valence-electron chi connectivity index (χ3n) is 4.42. The Balaban J connectivity index is 1.47. The smallest absolute Gasteiger partial charge is 0.414 e. The van der Waals surface area contributed by atoms with Gasteiger partial charge >= 0.3 is 6.09 Å². The van der Waals surface area contributed by atoms with Crippen LogP contribution in [-0.4, -0.2) is 61.6 Å². The van der Waals surface area contributed by atoms with Crippen LogP contribution in [0, 0.1) is 5.82 Å². The summed E-state index contributed by atoms with van der Waals surface area (Å²) in [4.78, 5) is 24.2. The number of amides is 2. The monoisotopic (exact) mass is 381 g/mol. The van der Waals surface area contributed by atoms with Crippen LogP contribution in [0.15, 0.2) is 18.2 Å². The average Bonchev–Trinajstić information content (AvgIpc) is 3.19. The number of hydrogen-bond donors (Lipinski definition) is 3. The number of aliphatic hydroxyl groups is 1. The molecule has 1 aliphatic carbocycles. The second-order valence-electron chi connectivity index (χ2n) is 6.73. The first-order chi connectivity index (χ1) is 12.9. The summed E-state index contributed by atoms with van der Waals surface area (Å²) in [5, 5.41) is 15.0. The molecule has 2 fully saturated rings. The van der Waals surface area contributed by atoms with Crippen molar-refractivity contribution in [3.05, 3.63) is 24.0 Å². The number of ether oxygens (including phenoxy) is 2. The second-order valence-corrected chi connectivity index (χ2v) is 6.73. The van der Waals surface area contributed by atoms with E-state index in [1.807, 2.05) is 0 Å². The molecule has 1 aromatic carbocycles. The SMILES string of the molecule is CC(=O)NCC1CN(c2ccc(OCCCNC3CC3O)c(F)c2)C(=O)O1. The molecule has 3 atom stereocenters. The predicted molar refractivity (Wildman–Crippen MR) is 95.2 cm³/mol. The summed E-state index contributed by atoms with van der Waals surface area (Å²) in [5.74, 6) is -0.649. The summed E-state index contributed by atoms with van der Waals surface area (Å²) in [7, 11) is 0. The molecule has 0 aromatic heterocycles. The van der Waals surface area contributed by atoms with Gasteiger partial charge in [0.15, 0.2) is 11.6 Å². The molecule has 1 saturated heterocycles. The maximum atomic E-state index is 14.3. The van der Waals surface area contributed by atoms with Crippen molar-refractivity contribution >= 4 is 17.7 Å². The standard InChI is InChI=1S/C18H24FN3O5/c1-11(23)21-9-13-10-22(18(25)27-13)12-3-4-17(14(19)7-12)26-6-2-5-20-15-8-16(15)24/h3-4,7,13,15-16,20,24H,2,5-6,8-10H2,1H3,(H,21,23). The zero-order chi connectivity index (χ0) is 19.4. The van der Waals surface area contributed by atoms with Gasteiger partial charge in [-0.3, -0.25) is 9.69 Å². The van der Waals surface area contributed by atoms with Crippen molar-refractivity contribution in [2.24, 2.45) is 0 Å². The predicted octanol–water partition coefficient (Wildman–Crippen LogP) is 0.779. The molecule has 148 valence electrons. The van der Waals surface area contributed by atoms with E-state index in [0.29, 0.717) is 25.3 Å². The Morgan fingerprint density at radius 1 is 1.48 bits per heavy atom. The quantitative estimate of drug-likeness (QED) is 0.547. The lowest BCUT2D eigenvalue weighted by Gasteiger charge is -2.15. The maximum Gasteiger partial charge on any atom is 0.414 e. The van der Waals surface area contributed by atoms with Crippen LogP contribution in [0.25, 0.3) is 0 Å². The lowest BCUT2D eigenvalue weighted by molar-refractivity contribution is -0.119. The van der Waals surface area contributed by atoms with Gasteiger partial charge in [0.25, 0.3) is 0 Å². The Bertz CT molecular complexity index is 702. The second kappa shape index (κ2) is 8.53. The number of nitrogens with one attached hydrogen (secondary N) is 2. The summed E-state index contributed by atoms with van der Waals surface area (Å²) < 4.78 is 24.9. The van der Waals surface area contributed by atoms with Crippen LogP contribution in [0.1, 0.15) is 19.8 Å². The third kappa shape index (κ3) is 5.30. The number of carbonyl (C=O) groups is 2. The molecule has 8 nitrogen and oxygen atoms in total. The van der Waals surface area contributed by atoms with Crippen LogP contribution in [0.4, 0.5) is 14.9 Å². The number of rotatable bonds is 9.